The SMILES string of the molecule is COC(=O)CC(O)CO[Si](c1ccccc1)(c1ccccc1)C(C)(C)C. The van der Waals surface area contributed by atoms with Gasteiger partial charge in [-0.05, 0) is 15.4 Å². The number of esters is 1. The van der Waals surface area contributed by atoms with Gasteiger partial charge in [-0.15, -0.1) is 0 Å². The van der Waals surface area contributed by atoms with Crippen molar-refractivity contribution in [3.05, 3.63) is 60.7 Å². The lowest BCUT2D eigenvalue weighted by Gasteiger charge is -2.43. The molecule has 2 aromatic rings. The van der Waals surface area contributed by atoms with Crippen molar-refractivity contribution >= 4 is 24.7 Å². The maximum atomic E-state index is 11.5. The molecule has 0 amide bonds. The molecule has 0 saturated carbocycles. The van der Waals surface area contributed by atoms with Gasteiger partial charge >= 0.3 is 5.97 Å². The van der Waals surface area contributed by atoms with E-state index in [-0.39, 0.29) is 18.1 Å². The molecule has 2 aromatic carbocycles. The van der Waals surface area contributed by atoms with Gasteiger partial charge in [0, 0.05) is 0 Å². The summed E-state index contributed by atoms with van der Waals surface area (Å²) in [6, 6.07) is 20.4. The van der Waals surface area contributed by atoms with Crippen molar-refractivity contribution in [3.63, 3.8) is 0 Å². The summed E-state index contributed by atoms with van der Waals surface area (Å²) in [5.41, 5.74) is 0. The molecule has 0 aromatic heterocycles. The Kier molecular flexibility index (Phi) is 6.75. The van der Waals surface area contributed by atoms with Gasteiger partial charge in [0.1, 0.15) is 0 Å². The monoisotopic (exact) mass is 372 g/mol. The summed E-state index contributed by atoms with van der Waals surface area (Å²) in [6.07, 6.45) is -0.974. The summed E-state index contributed by atoms with van der Waals surface area (Å²) >= 11 is 0. The van der Waals surface area contributed by atoms with Crippen molar-refractivity contribution in [2.45, 2.75) is 38.3 Å². The quantitative estimate of drug-likeness (QED) is 0.599. The molecule has 1 unspecified atom stereocenters. The predicted molar refractivity (Wildman–Crippen MR) is 106 cm³/mol. The Labute approximate surface area is 156 Å². The zero-order chi connectivity index (χ0) is 19.2. The number of methoxy groups -OCH3 is 1. The summed E-state index contributed by atoms with van der Waals surface area (Å²) in [5.74, 6) is -0.441. The lowest BCUT2D eigenvalue weighted by molar-refractivity contribution is -0.143. The number of hydrogen-bond donors (Lipinski definition) is 1. The molecule has 0 bridgehead atoms. The third-order valence-electron chi connectivity index (χ3n) is 4.54. The third-order valence-corrected chi connectivity index (χ3v) is 9.54. The average Bonchev–Trinajstić information content (AvgIpc) is 2.62. The highest BCUT2D eigenvalue weighted by Crippen LogP contribution is 2.36. The third kappa shape index (κ3) is 4.41. The minimum absolute atomic E-state index is 0.0747. The van der Waals surface area contributed by atoms with Gasteiger partial charge in [-0.1, -0.05) is 81.4 Å². The summed E-state index contributed by atoms with van der Waals surface area (Å²) in [6.45, 7) is 6.60. The van der Waals surface area contributed by atoms with Crippen LogP contribution in [0.5, 0.6) is 0 Å². The number of hydrogen-bond acceptors (Lipinski definition) is 4. The molecule has 2 rings (SSSR count). The lowest BCUT2D eigenvalue weighted by Crippen LogP contribution is -2.67. The standard InChI is InChI=1S/C21H28O4Si/c1-21(2,3)26(18-11-7-5-8-12-18,19-13-9-6-10-14-19)25-16-17(22)15-20(23)24-4/h5-14,17,22H,15-16H2,1-4H3. The Morgan fingerprint density at radius 1 is 1.00 bits per heavy atom. The van der Waals surface area contributed by atoms with E-state index >= 15 is 0 Å². The van der Waals surface area contributed by atoms with Crippen LogP contribution in [0.2, 0.25) is 5.04 Å². The van der Waals surface area contributed by atoms with Crippen LogP contribution in [0.15, 0.2) is 60.7 Å². The number of rotatable bonds is 7. The molecule has 0 aliphatic carbocycles. The van der Waals surface area contributed by atoms with Crippen LogP contribution < -0.4 is 10.4 Å². The van der Waals surface area contributed by atoms with Gasteiger partial charge < -0.3 is 14.3 Å². The second-order valence-corrected chi connectivity index (χ2v) is 11.7. The minimum Gasteiger partial charge on any atom is -0.469 e. The average molecular weight is 373 g/mol. The summed E-state index contributed by atoms with van der Waals surface area (Å²) in [5, 5.41) is 12.4. The summed E-state index contributed by atoms with van der Waals surface area (Å²) in [4.78, 5) is 11.5. The molecule has 4 nitrogen and oxygen atoms in total. The smallest absolute Gasteiger partial charge is 0.308 e. The molecule has 0 fully saturated rings. The van der Waals surface area contributed by atoms with Crippen LogP contribution in [0.4, 0.5) is 0 Å². The Balaban J connectivity index is 2.46. The Bertz CT molecular complexity index is 655. The van der Waals surface area contributed by atoms with E-state index in [4.69, 9.17) is 4.43 Å². The Morgan fingerprint density at radius 2 is 1.46 bits per heavy atom. The summed E-state index contributed by atoms with van der Waals surface area (Å²) < 4.78 is 11.2. The molecule has 0 radical (unpaired) electrons. The molecule has 0 saturated heterocycles. The van der Waals surface area contributed by atoms with E-state index in [1.165, 1.54) is 7.11 Å². The van der Waals surface area contributed by atoms with Crippen molar-refractivity contribution < 1.29 is 19.1 Å². The molecule has 1 atom stereocenters. The number of aliphatic hydroxyl groups is 1. The van der Waals surface area contributed by atoms with E-state index in [1.807, 2.05) is 36.4 Å². The zero-order valence-corrected chi connectivity index (χ0v) is 16.9. The molecule has 0 aliphatic rings. The second kappa shape index (κ2) is 8.62. The largest absolute Gasteiger partial charge is 0.469 e. The van der Waals surface area contributed by atoms with Gasteiger partial charge in [-0.3, -0.25) is 4.79 Å². The fourth-order valence-electron chi connectivity index (χ4n) is 3.32. The van der Waals surface area contributed by atoms with Crippen molar-refractivity contribution in [2.75, 3.05) is 13.7 Å². The number of benzene rings is 2. The fraction of sp³-hybridized carbons (Fsp3) is 0.381. The van der Waals surface area contributed by atoms with Crippen LogP contribution in [0.1, 0.15) is 27.2 Å². The Morgan fingerprint density at radius 3 is 1.85 bits per heavy atom. The van der Waals surface area contributed by atoms with Gasteiger partial charge in [0.2, 0.25) is 0 Å². The van der Waals surface area contributed by atoms with Gasteiger partial charge in [-0.25, -0.2) is 0 Å². The van der Waals surface area contributed by atoms with Crippen molar-refractivity contribution in [3.8, 4) is 0 Å². The maximum absolute atomic E-state index is 11.5. The van der Waals surface area contributed by atoms with E-state index in [0.717, 1.165) is 10.4 Å². The molecule has 0 spiro atoms. The molecular weight excluding hydrogens is 344 g/mol. The van der Waals surface area contributed by atoms with Gasteiger partial charge in [0.15, 0.2) is 0 Å². The van der Waals surface area contributed by atoms with Crippen LogP contribution in [0, 0.1) is 0 Å². The van der Waals surface area contributed by atoms with Gasteiger partial charge in [-0.2, -0.15) is 0 Å². The number of aliphatic hydroxyl groups excluding tert-OH is 1. The first-order chi connectivity index (χ1) is 12.3. The first-order valence-electron chi connectivity index (χ1n) is 8.81. The minimum atomic E-state index is -2.69. The van der Waals surface area contributed by atoms with Crippen molar-refractivity contribution in [2.24, 2.45) is 0 Å². The Hall–Kier alpha value is -1.95. The zero-order valence-electron chi connectivity index (χ0n) is 15.9. The number of carbonyl (C=O) groups excluding carboxylic acids is 1. The lowest BCUT2D eigenvalue weighted by atomic mass is 10.2. The maximum Gasteiger partial charge on any atom is 0.308 e. The van der Waals surface area contributed by atoms with E-state index in [0.29, 0.717) is 0 Å². The second-order valence-electron chi connectivity index (χ2n) is 7.41. The topological polar surface area (TPSA) is 55.8 Å². The predicted octanol–water partition coefficient (Wildman–Crippen LogP) is 2.49. The van der Waals surface area contributed by atoms with Gasteiger partial charge in [0.25, 0.3) is 8.32 Å². The molecule has 140 valence electrons. The van der Waals surface area contributed by atoms with Crippen LogP contribution in [0.3, 0.4) is 0 Å². The van der Waals surface area contributed by atoms with Crippen LogP contribution in [0.25, 0.3) is 0 Å². The highest BCUT2D eigenvalue weighted by molar-refractivity contribution is 6.99. The molecular formula is C21H28O4Si. The first-order valence-corrected chi connectivity index (χ1v) is 10.7. The highest BCUT2D eigenvalue weighted by atomic mass is 28.4. The van der Waals surface area contributed by atoms with Crippen LogP contribution >= 0.6 is 0 Å². The van der Waals surface area contributed by atoms with E-state index in [2.05, 4.69) is 49.8 Å². The first kappa shape index (κ1) is 20.4. The van der Waals surface area contributed by atoms with Crippen LogP contribution in [-0.4, -0.2) is 39.2 Å². The van der Waals surface area contributed by atoms with E-state index < -0.39 is 20.4 Å². The number of carbonyl (C=O) groups is 1. The van der Waals surface area contributed by atoms with Gasteiger partial charge in [0.05, 0.1) is 26.2 Å². The van der Waals surface area contributed by atoms with Crippen molar-refractivity contribution in [1.29, 1.82) is 0 Å². The molecule has 0 aliphatic heterocycles. The molecule has 1 N–H and O–H groups in total. The van der Waals surface area contributed by atoms with E-state index in [9.17, 15) is 9.90 Å². The normalized spacial score (nSPS) is 13.3. The fourth-order valence-corrected chi connectivity index (χ4v) is 7.92. The molecule has 5 heteroatoms. The molecule has 0 heterocycles. The highest BCUT2D eigenvalue weighted by Gasteiger charge is 2.50. The van der Waals surface area contributed by atoms with Crippen LogP contribution in [-0.2, 0) is 14.0 Å². The summed E-state index contributed by atoms with van der Waals surface area (Å²) in [7, 11) is -1.37. The number of ether oxygens (including phenoxy) is 1. The van der Waals surface area contributed by atoms with Crippen molar-refractivity contribution in [1.82, 2.24) is 0 Å². The molecule has 26 heavy (non-hydrogen) atoms. The van der Waals surface area contributed by atoms with E-state index in [1.54, 1.807) is 0 Å².